The molecule has 0 unspecified atom stereocenters. The molecule has 0 aliphatic heterocycles. The monoisotopic (exact) mass is 256 g/mol. The van der Waals surface area contributed by atoms with Crippen molar-refractivity contribution < 1.29 is 9.50 Å². The SMILES string of the molecule is CCC1CCC(O)(c2ccc(Cl)cc2F)CC1. The molecular weight excluding hydrogens is 239 g/mol. The van der Waals surface area contributed by atoms with Crippen molar-refractivity contribution in [3.63, 3.8) is 0 Å². The minimum Gasteiger partial charge on any atom is -0.385 e. The van der Waals surface area contributed by atoms with E-state index in [1.54, 1.807) is 12.1 Å². The second-order valence-electron chi connectivity index (χ2n) is 5.01. The van der Waals surface area contributed by atoms with Crippen LogP contribution >= 0.6 is 11.6 Å². The maximum Gasteiger partial charge on any atom is 0.130 e. The first-order chi connectivity index (χ1) is 8.05. The van der Waals surface area contributed by atoms with Crippen LogP contribution < -0.4 is 0 Å². The van der Waals surface area contributed by atoms with Gasteiger partial charge in [-0.15, -0.1) is 0 Å². The van der Waals surface area contributed by atoms with E-state index in [2.05, 4.69) is 6.92 Å². The van der Waals surface area contributed by atoms with E-state index in [0.29, 0.717) is 29.3 Å². The van der Waals surface area contributed by atoms with E-state index in [1.807, 2.05) is 0 Å². The lowest BCUT2D eigenvalue weighted by Gasteiger charge is -2.36. The second-order valence-corrected chi connectivity index (χ2v) is 5.44. The molecule has 1 N–H and O–H groups in total. The lowest BCUT2D eigenvalue weighted by atomic mass is 9.74. The van der Waals surface area contributed by atoms with Gasteiger partial charge < -0.3 is 5.11 Å². The molecule has 3 heteroatoms. The zero-order valence-corrected chi connectivity index (χ0v) is 10.8. The molecule has 0 radical (unpaired) electrons. The zero-order valence-electron chi connectivity index (χ0n) is 10.0. The Balaban J connectivity index is 2.21. The molecule has 1 nitrogen and oxygen atoms in total. The van der Waals surface area contributed by atoms with Gasteiger partial charge in [0.2, 0.25) is 0 Å². The molecule has 0 spiro atoms. The normalized spacial score (nSPS) is 29.3. The summed E-state index contributed by atoms with van der Waals surface area (Å²) in [6.45, 7) is 2.16. The molecule has 0 aromatic heterocycles. The van der Waals surface area contributed by atoms with Crippen molar-refractivity contribution in [1.82, 2.24) is 0 Å². The van der Waals surface area contributed by atoms with Crippen molar-refractivity contribution in [3.8, 4) is 0 Å². The molecule has 0 bridgehead atoms. The Morgan fingerprint density at radius 3 is 2.59 bits per heavy atom. The van der Waals surface area contributed by atoms with E-state index >= 15 is 0 Å². The summed E-state index contributed by atoms with van der Waals surface area (Å²) in [5, 5.41) is 10.9. The van der Waals surface area contributed by atoms with Crippen LogP contribution in [-0.2, 0) is 5.60 Å². The fourth-order valence-corrected chi connectivity index (χ4v) is 2.86. The minimum atomic E-state index is -1.000. The summed E-state index contributed by atoms with van der Waals surface area (Å²) in [4.78, 5) is 0. The molecule has 1 aliphatic carbocycles. The topological polar surface area (TPSA) is 20.2 Å². The van der Waals surface area contributed by atoms with Crippen LogP contribution in [-0.4, -0.2) is 5.11 Å². The van der Waals surface area contributed by atoms with Gasteiger partial charge in [-0.3, -0.25) is 0 Å². The molecule has 1 fully saturated rings. The van der Waals surface area contributed by atoms with Crippen molar-refractivity contribution >= 4 is 11.6 Å². The van der Waals surface area contributed by atoms with Gasteiger partial charge >= 0.3 is 0 Å². The Labute approximate surface area is 107 Å². The van der Waals surface area contributed by atoms with Crippen LogP contribution in [0.1, 0.15) is 44.6 Å². The van der Waals surface area contributed by atoms with E-state index in [1.165, 1.54) is 6.07 Å². The first kappa shape index (κ1) is 12.8. The van der Waals surface area contributed by atoms with Crippen LogP contribution in [0.25, 0.3) is 0 Å². The van der Waals surface area contributed by atoms with Gasteiger partial charge in [0.1, 0.15) is 5.82 Å². The highest BCUT2D eigenvalue weighted by Crippen LogP contribution is 2.41. The van der Waals surface area contributed by atoms with Gasteiger partial charge in [-0.1, -0.05) is 31.0 Å². The average molecular weight is 257 g/mol. The predicted molar refractivity (Wildman–Crippen MR) is 67.6 cm³/mol. The molecule has 1 aliphatic rings. The quantitative estimate of drug-likeness (QED) is 0.838. The number of hydrogen-bond acceptors (Lipinski definition) is 1. The van der Waals surface area contributed by atoms with E-state index in [4.69, 9.17) is 11.6 Å². The molecular formula is C14H18ClFO. The van der Waals surface area contributed by atoms with E-state index in [-0.39, 0.29) is 0 Å². The largest absolute Gasteiger partial charge is 0.385 e. The van der Waals surface area contributed by atoms with Crippen LogP contribution in [0.5, 0.6) is 0 Å². The molecule has 1 aromatic carbocycles. The van der Waals surface area contributed by atoms with Crippen molar-refractivity contribution in [2.75, 3.05) is 0 Å². The van der Waals surface area contributed by atoms with Gasteiger partial charge in [-0.05, 0) is 43.7 Å². The number of halogens is 2. The van der Waals surface area contributed by atoms with Crippen LogP contribution in [0.4, 0.5) is 4.39 Å². The molecule has 94 valence electrons. The van der Waals surface area contributed by atoms with Crippen LogP contribution in [0.3, 0.4) is 0 Å². The maximum atomic E-state index is 13.8. The summed E-state index contributed by atoms with van der Waals surface area (Å²) in [6.07, 6.45) is 4.36. The molecule has 0 heterocycles. The summed E-state index contributed by atoms with van der Waals surface area (Å²) in [7, 11) is 0. The Morgan fingerprint density at radius 2 is 2.06 bits per heavy atom. The third-order valence-electron chi connectivity index (χ3n) is 3.94. The van der Waals surface area contributed by atoms with Gasteiger partial charge in [-0.2, -0.15) is 0 Å². The molecule has 0 saturated heterocycles. The molecule has 0 atom stereocenters. The number of benzene rings is 1. The smallest absolute Gasteiger partial charge is 0.130 e. The zero-order chi connectivity index (χ0) is 12.5. The maximum absolute atomic E-state index is 13.8. The summed E-state index contributed by atoms with van der Waals surface area (Å²) in [5.74, 6) is 0.278. The van der Waals surface area contributed by atoms with Crippen molar-refractivity contribution in [3.05, 3.63) is 34.6 Å². The van der Waals surface area contributed by atoms with Gasteiger partial charge in [0, 0.05) is 10.6 Å². The third-order valence-corrected chi connectivity index (χ3v) is 4.18. The molecule has 2 rings (SSSR count). The molecule has 17 heavy (non-hydrogen) atoms. The second kappa shape index (κ2) is 4.95. The van der Waals surface area contributed by atoms with Gasteiger partial charge in [-0.25, -0.2) is 4.39 Å². The molecule has 0 amide bonds. The highest BCUT2D eigenvalue weighted by Gasteiger charge is 2.36. The fraction of sp³-hybridized carbons (Fsp3) is 0.571. The summed E-state index contributed by atoms with van der Waals surface area (Å²) >= 11 is 5.73. The fourth-order valence-electron chi connectivity index (χ4n) is 2.70. The van der Waals surface area contributed by atoms with Gasteiger partial charge in [0.25, 0.3) is 0 Å². The number of hydrogen-bond donors (Lipinski definition) is 1. The predicted octanol–water partition coefficient (Wildman–Crippen LogP) is 4.27. The van der Waals surface area contributed by atoms with Gasteiger partial charge in [0.15, 0.2) is 0 Å². The van der Waals surface area contributed by atoms with Crippen LogP contribution in [0.2, 0.25) is 5.02 Å². The lowest BCUT2D eigenvalue weighted by Crippen LogP contribution is -2.32. The summed E-state index contributed by atoms with van der Waals surface area (Å²) in [6, 6.07) is 4.54. The first-order valence-electron chi connectivity index (χ1n) is 6.23. The summed E-state index contributed by atoms with van der Waals surface area (Å²) in [5.41, 5.74) is -0.600. The highest BCUT2D eigenvalue weighted by atomic mass is 35.5. The third kappa shape index (κ3) is 2.63. The Kier molecular flexibility index (Phi) is 3.74. The minimum absolute atomic E-state index is 0.372. The van der Waals surface area contributed by atoms with Crippen molar-refractivity contribution in [2.45, 2.75) is 44.6 Å². The number of rotatable bonds is 2. The van der Waals surface area contributed by atoms with Crippen molar-refractivity contribution in [1.29, 1.82) is 0 Å². The van der Waals surface area contributed by atoms with E-state index in [0.717, 1.165) is 19.3 Å². The van der Waals surface area contributed by atoms with E-state index in [9.17, 15) is 9.50 Å². The van der Waals surface area contributed by atoms with E-state index < -0.39 is 11.4 Å². The Morgan fingerprint density at radius 1 is 1.41 bits per heavy atom. The lowest BCUT2D eigenvalue weighted by molar-refractivity contribution is -0.0174. The van der Waals surface area contributed by atoms with Crippen LogP contribution in [0.15, 0.2) is 18.2 Å². The highest BCUT2D eigenvalue weighted by molar-refractivity contribution is 6.30. The molecule has 1 aromatic rings. The molecule has 1 saturated carbocycles. The first-order valence-corrected chi connectivity index (χ1v) is 6.61. The van der Waals surface area contributed by atoms with Gasteiger partial charge in [0.05, 0.1) is 5.60 Å². The Hall–Kier alpha value is -0.600. The van der Waals surface area contributed by atoms with Crippen LogP contribution in [0, 0.1) is 11.7 Å². The van der Waals surface area contributed by atoms with Crippen molar-refractivity contribution in [2.24, 2.45) is 5.92 Å². The summed E-state index contributed by atoms with van der Waals surface area (Å²) < 4.78 is 13.8. The standard InChI is InChI=1S/C14H18ClFO/c1-2-10-5-7-14(17,8-6-10)12-4-3-11(15)9-13(12)16/h3-4,9-10,17H,2,5-8H2,1H3. The Bertz CT molecular complexity index is 397. The average Bonchev–Trinajstić information content (AvgIpc) is 2.29. The number of aliphatic hydroxyl groups is 1.